The molecule has 2 atom stereocenters. The second-order valence-corrected chi connectivity index (χ2v) is 7.33. The van der Waals surface area contributed by atoms with Gasteiger partial charge in [-0.05, 0) is 71.7 Å². The van der Waals surface area contributed by atoms with Gasteiger partial charge >= 0.3 is 0 Å². The van der Waals surface area contributed by atoms with Gasteiger partial charge in [0.15, 0.2) is 0 Å². The zero-order valence-electron chi connectivity index (χ0n) is 14.0. The number of hydrogen-bond acceptors (Lipinski definition) is 2. The van der Waals surface area contributed by atoms with Crippen molar-refractivity contribution in [2.45, 2.75) is 65.2 Å². The minimum Gasteiger partial charge on any atom is -0.369 e. The molecule has 0 aliphatic carbocycles. The minimum atomic E-state index is -0.104. The Bertz CT molecular complexity index is 490. The second-order valence-electron chi connectivity index (χ2n) is 7.33. The lowest BCUT2D eigenvalue weighted by atomic mass is 9.77. The molecule has 1 aliphatic heterocycles. The highest BCUT2D eigenvalue weighted by atomic mass is 16.5. The largest absolute Gasteiger partial charge is 0.369 e. The van der Waals surface area contributed by atoms with Gasteiger partial charge in [-0.3, -0.25) is 0 Å². The molecule has 0 bridgehead atoms. The molecule has 112 valence electrons. The van der Waals surface area contributed by atoms with Crippen molar-refractivity contribution in [1.29, 1.82) is 0 Å². The molecule has 1 saturated heterocycles. The average molecular weight is 275 g/mol. The van der Waals surface area contributed by atoms with Gasteiger partial charge < -0.3 is 10.1 Å². The summed E-state index contributed by atoms with van der Waals surface area (Å²) < 4.78 is 6.28. The summed E-state index contributed by atoms with van der Waals surface area (Å²) in [5.41, 5.74) is 4.02. The number of hydrogen-bond donors (Lipinski definition) is 1. The fourth-order valence-electron chi connectivity index (χ4n) is 3.81. The van der Waals surface area contributed by atoms with Crippen LogP contribution in [0.3, 0.4) is 0 Å². The summed E-state index contributed by atoms with van der Waals surface area (Å²) in [4.78, 5) is 0. The molecule has 1 N–H and O–H groups in total. The minimum absolute atomic E-state index is 0.0407. The maximum atomic E-state index is 6.28. The molecule has 2 rings (SSSR count). The van der Waals surface area contributed by atoms with Crippen LogP contribution < -0.4 is 5.32 Å². The summed E-state index contributed by atoms with van der Waals surface area (Å²) in [6, 6.07) is 6.94. The van der Waals surface area contributed by atoms with Crippen LogP contribution in [0.1, 0.15) is 56.8 Å². The van der Waals surface area contributed by atoms with Crippen LogP contribution in [-0.4, -0.2) is 18.2 Å². The quantitative estimate of drug-likeness (QED) is 0.894. The zero-order chi connectivity index (χ0) is 15.1. The Hall–Kier alpha value is -0.860. The fourth-order valence-corrected chi connectivity index (χ4v) is 3.81. The average Bonchev–Trinajstić information content (AvgIpc) is 2.54. The summed E-state index contributed by atoms with van der Waals surface area (Å²) in [7, 11) is 2.06. The molecule has 1 aliphatic rings. The van der Waals surface area contributed by atoms with E-state index in [9.17, 15) is 0 Å². The first-order valence-corrected chi connectivity index (χ1v) is 7.61. The van der Waals surface area contributed by atoms with E-state index in [4.69, 9.17) is 4.74 Å². The molecule has 1 aromatic carbocycles. The molecule has 1 aromatic rings. The Morgan fingerprint density at radius 2 is 1.85 bits per heavy atom. The summed E-state index contributed by atoms with van der Waals surface area (Å²) in [6.45, 7) is 13.3. The van der Waals surface area contributed by atoms with Crippen molar-refractivity contribution < 1.29 is 4.74 Å². The van der Waals surface area contributed by atoms with Crippen molar-refractivity contribution in [2.75, 3.05) is 7.05 Å². The van der Waals surface area contributed by atoms with E-state index in [-0.39, 0.29) is 11.2 Å². The molecule has 1 heterocycles. The zero-order valence-corrected chi connectivity index (χ0v) is 14.0. The summed E-state index contributed by atoms with van der Waals surface area (Å²) in [6.07, 6.45) is 1.08. The van der Waals surface area contributed by atoms with Gasteiger partial charge in [0, 0.05) is 12.0 Å². The third-order valence-electron chi connectivity index (χ3n) is 4.84. The summed E-state index contributed by atoms with van der Waals surface area (Å²) >= 11 is 0. The maximum Gasteiger partial charge on any atom is 0.0681 e. The Labute approximate surface area is 123 Å². The van der Waals surface area contributed by atoms with Gasteiger partial charge in [0.25, 0.3) is 0 Å². The van der Waals surface area contributed by atoms with Crippen LogP contribution in [0.15, 0.2) is 18.2 Å². The van der Waals surface area contributed by atoms with Gasteiger partial charge in [-0.15, -0.1) is 0 Å². The van der Waals surface area contributed by atoms with Crippen molar-refractivity contribution in [3.63, 3.8) is 0 Å². The fraction of sp³-hybridized carbons (Fsp3) is 0.667. The number of nitrogens with one attached hydrogen (secondary N) is 1. The Balaban J connectivity index is 2.40. The van der Waals surface area contributed by atoms with E-state index in [0.717, 1.165) is 6.42 Å². The van der Waals surface area contributed by atoms with Crippen LogP contribution in [0.5, 0.6) is 0 Å². The normalized spacial score (nSPS) is 25.6. The van der Waals surface area contributed by atoms with Gasteiger partial charge in [-0.2, -0.15) is 0 Å². The molecule has 20 heavy (non-hydrogen) atoms. The van der Waals surface area contributed by atoms with E-state index in [2.05, 4.69) is 72.1 Å². The third-order valence-corrected chi connectivity index (χ3v) is 4.84. The molecule has 0 saturated carbocycles. The lowest BCUT2D eigenvalue weighted by molar-refractivity contribution is -0.0776. The Kier molecular flexibility index (Phi) is 4.01. The van der Waals surface area contributed by atoms with E-state index in [1.807, 2.05) is 0 Å². The highest BCUT2D eigenvalue weighted by Crippen LogP contribution is 2.48. The van der Waals surface area contributed by atoms with Gasteiger partial charge in [-0.1, -0.05) is 18.2 Å². The lowest BCUT2D eigenvalue weighted by Crippen LogP contribution is -2.37. The van der Waals surface area contributed by atoms with Gasteiger partial charge in [0.1, 0.15) is 0 Å². The van der Waals surface area contributed by atoms with Crippen LogP contribution >= 0.6 is 0 Å². The van der Waals surface area contributed by atoms with Gasteiger partial charge in [-0.25, -0.2) is 0 Å². The third kappa shape index (κ3) is 2.77. The molecule has 2 nitrogen and oxygen atoms in total. The monoisotopic (exact) mass is 275 g/mol. The van der Waals surface area contributed by atoms with E-state index in [1.54, 1.807) is 0 Å². The summed E-state index contributed by atoms with van der Waals surface area (Å²) in [5, 5.41) is 3.54. The van der Waals surface area contributed by atoms with E-state index in [0.29, 0.717) is 12.0 Å². The van der Waals surface area contributed by atoms with Gasteiger partial charge in [0.2, 0.25) is 0 Å². The van der Waals surface area contributed by atoms with Gasteiger partial charge in [0.05, 0.1) is 11.2 Å². The van der Waals surface area contributed by atoms with Crippen LogP contribution in [0.2, 0.25) is 0 Å². The predicted octanol–water partition coefficient (Wildman–Crippen LogP) is 4.16. The maximum absolute atomic E-state index is 6.28. The van der Waals surface area contributed by atoms with Crippen LogP contribution in [0, 0.1) is 19.8 Å². The molecule has 0 radical (unpaired) electrons. The highest BCUT2D eigenvalue weighted by molar-refractivity contribution is 5.36. The Morgan fingerprint density at radius 1 is 1.20 bits per heavy atom. The molecular weight excluding hydrogens is 246 g/mol. The van der Waals surface area contributed by atoms with Crippen LogP contribution in [-0.2, 0) is 4.74 Å². The number of ether oxygens (including phenoxy) is 1. The first kappa shape index (κ1) is 15.5. The number of rotatable bonds is 3. The van der Waals surface area contributed by atoms with Crippen molar-refractivity contribution in [1.82, 2.24) is 5.32 Å². The molecular formula is C18H29NO. The van der Waals surface area contributed by atoms with Crippen molar-refractivity contribution in [3.05, 3.63) is 34.9 Å². The molecule has 0 aromatic heterocycles. The van der Waals surface area contributed by atoms with Crippen molar-refractivity contribution >= 4 is 0 Å². The topological polar surface area (TPSA) is 21.3 Å². The predicted molar refractivity (Wildman–Crippen MR) is 85.1 cm³/mol. The van der Waals surface area contributed by atoms with Crippen molar-refractivity contribution in [2.24, 2.45) is 5.92 Å². The summed E-state index contributed by atoms with van der Waals surface area (Å²) in [5.74, 6) is 0.475. The lowest BCUT2D eigenvalue weighted by Gasteiger charge is -2.34. The second kappa shape index (κ2) is 5.16. The van der Waals surface area contributed by atoms with E-state index < -0.39 is 0 Å². The number of aryl methyl sites for hydroxylation is 1. The first-order chi connectivity index (χ1) is 9.18. The first-order valence-electron chi connectivity index (χ1n) is 7.61. The molecule has 0 amide bonds. The SMILES string of the molecule is CNC(c1cccc(C)c1C)C1CC(C)(C)OC1(C)C. The Morgan fingerprint density at radius 3 is 2.35 bits per heavy atom. The molecule has 1 fully saturated rings. The standard InChI is InChI=1S/C18H29NO/c1-12-9-8-10-14(13(12)2)16(19-7)15-11-17(3,4)20-18(15,5)6/h8-10,15-16,19H,11H2,1-7H3. The number of benzene rings is 1. The smallest absolute Gasteiger partial charge is 0.0681 e. The molecule has 2 heteroatoms. The van der Waals surface area contributed by atoms with Crippen molar-refractivity contribution in [3.8, 4) is 0 Å². The van der Waals surface area contributed by atoms with E-state index >= 15 is 0 Å². The molecule has 2 unspecified atom stereocenters. The van der Waals surface area contributed by atoms with Crippen LogP contribution in [0.25, 0.3) is 0 Å². The highest BCUT2D eigenvalue weighted by Gasteiger charge is 2.49. The van der Waals surface area contributed by atoms with E-state index in [1.165, 1.54) is 16.7 Å². The molecule has 0 spiro atoms. The van der Waals surface area contributed by atoms with Crippen LogP contribution in [0.4, 0.5) is 0 Å².